The van der Waals surface area contributed by atoms with Gasteiger partial charge >= 0.3 is 0 Å². The summed E-state index contributed by atoms with van der Waals surface area (Å²) < 4.78 is 0. The molecular formula is C18H32N2. The topological polar surface area (TPSA) is 29.3 Å². The lowest BCUT2D eigenvalue weighted by Gasteiger charge is -2.30. The summed E-state index contributed by atoms with van der Waals surface area (Å²) in [5.74, 6) is 0.649. The molecule has 0 radical (unpaired) electrons. The Labute approximate surface area is 125 Å². The molecule has 2 atom stereocenters. The third-order valence-corrected chi connectivity index (χ3v) is 4.35. The molecule has 2 heteroatoms. The van der Waals surface area contributed by atoms with Crippen LogP contribution in [0.4, 0.5) is 0 Å². The van der Waals surface area contributed by atoms with E-state index in [1.54, 1.807) is 0 Å². The van der Waals surface area contributed by atoms with Crippen LogP contribution in [0, 0.1) is 5.92 Å². The van der Waals surface area contributed by atoms with Crippen molar-refractivity contribution in [1.82, 2.24) is 4.90 Å². The van der Waals surface area contributed by atoms with Gasteiger partial charge in [0.1, 0.15) is 0 Å². The van der Waals surface area contributed by atoms with E-state index in [1.807, 2.05) is 0 Å². The van der Waals surface area contributed by atoms with Gasteiger partial charge in [-0.1, -0.05) is 58.9 Å². The molecule has 0 aliphatic heterocycles. The lowest BCUT2D eigenvalue weighted by molar-refractivity contribution is 0.197. The molecule has 0 amide bonds. The average molecular weight is 276 g/mol. The highest BCUT2D eigenvalue weighted by Gasteiger charge is 2.18. The van der Waals surface area contributed by atoms with E-state index in [2.05, 4.69) is 77.8 Å². The first kappa shape index (κ1) is 17.2. The summed E-state index contributed by atoms with van der Waals surface area (Å²) in [6.07, 6.45) is 0. The van der Waals surface area contributed by atoms with E-state index in [0.717, 1.165) is 6.54 Å². The van der Waals surface area contributed by atoms with Crippen molar-refractivity contribution in [1.29, 1.82) is 0 Å². The van der Waals surface area contributed by atoms with Crippen LogP contribution in [0.5, 0.6) is 0 Å². The number of hydrogen-bond acceptors (Lipinski definition) is 2. The zero-order valence-electron chi connectivity index (χ0n) is 14.3. The Hall–Kier alpha value is -0.860. The van der Waals surface area contributed by atoms with Crippen molar-refractivity contribution in [3.05, 3.63) is 35.4 Å². The van der Waals surface area contributed by atoms with Gasteiger partial charge in [0.2, 0.25) is 0 Å². The van der Waals surface area contributed by atoms with Crippen molar-refractivity contribution in [3.8, 4) is 0 Å². The Balaban J connectivity index is 2.71. The van der Waals surface area contributed by atoms with E-state index in [4.69, 9.17) is 5.73 Å². The van der Waals surface area contributed by atoms with E-state index in [0.29, 0.717) is 12.0 Å². The van der Waals surface area contributed by atoms with E-state index in [9.17, 15) is 0 Å². The minimum atomic E-state index is 0.0789. The van der Waals surface area contributed by atoms with Gasteiger partial charge in [-0.2, -0.15) is 0 Å². The first-order valence-corrected chi connectivity index (χ1v) is 7.69. The Bertz CT molecular complexity index is 400. The molecule has 0 bridgehead atoms. The Morgan fingerprint density at radius 2 is 1.55 bits per heavy atom. The highest BCUT2D eigenvalue weighted by atomic mass is 15.1. The van der Waals surface area contributed by atoms with Gasteiger partial charge in [0.15, 0.2) is 0 Å². The summed E-state index contributed by atoms with van der Waals surface area (Å²) in [4.78, 5) is 2.35. The number of nitrogens with zero attached hydrogens (tertiary/aromatic N) is 1. The van der Waals surface area contributed by atoms with Gasteiger partial charge in [-0.05, 0) is 36.4 Å². The van der Waals surface area contributed by atoms with Gasteiger partial charge < -0.3 is 10.6 Å². The number of rotatable bonds is 5. The second-order valence-corrected chi connectivity index (χ2v) is 7.40. The summed E-state index contributed by atoms with van der Waals surface area (Å²) in [7, 11) is 2.16. The van der Waals surface area contributed by atoms with Gasteiger partial charge in [0.25, 0.3) is 0 Å². The molecule has 2 unspecified atom stereocenters. The number of hydrogen-bond donors (Lipinski definition) is 1. The fourth-order valence-electron chi connectivity index (χ4n) is 2.32. The monoisotopic (exact) mass is 276 g/mol. The molecule has 0 spiro atoms. The van der Waals surface area contributed by atoms with Crippen LogP contribution in [0.25, 0.3) is 0 Å². The van der Waals surface area contributed by atoms with Crippen LogP contribution in [0.15, 0.2) is 24.3 Å². The molecule has 1 aromatic carbocycles. The normalized spacial score (nSPS) is 15.7. The molecule has 0 aliphatic rings. The molecule has 1 aromatic rings. The fourth-order valence-corrected chi connectivity index (χ4v) is 2.32. The van der Waals surface area contributed by atoms with E-state index >= 15 is 0 Å². The van der Waals surface area contributed by atoms with Gasteiger partial charge in [0, 0.05) is 18.6 Å². The zero-order chi connectivity index (χ0) is 15.5. The Kier molecular flexibility index (Phi) is 5.79. The maximum Gasteiger partial charge on any atom is 0.0424 e. The molecule has 1 rings (SSSR count). The molecule has 0 saturated heterocycles. The van der Waals surface area contributed by atoms with Crippen molar-refractivity contribution in [3.63, 3.8) is 0 Å². The smallest absolute Gasteiger partial charge is 0.0424 e. The van der Waals surface area contributed by atoms with Gasteiger partial charge in [-0.3, -0.25) is 0 Å². The molecule has 2 N–H and O–H groups in total. The third kappa shape index (κ3) is 4.60. The predicted molar refractivity (Wildman–Crippen MR) is 89.0 cm³/mol. The van der Waals surface area contributed by atoms with Crippen molar-refractivity contribution in [2.45, 2.75) is 59.0 Å². The van der Waals surface area contributed by atoms with Crippen molar-refractivity contribution >= 4 is 0 Å². The maximum absolute atomic E-state index is 6.35. The number of benzene rings is 1. The largest absolute Gasteiger partial charge is 0.323 e. The summed E-state index contributed by atoms with van der Waals surface area (Å²) in [6, 6.07) is 9.41. The average Bonchev–Trinajstić information content (AvgIpc) is 2.36. The van der Waals surface area contributed by atoms with Crippen LogP contribution in [0.2, 0.25) is 0 Å². The van der Waals surface area contributed by atoms with Crippen LogP contribution in [0.3, 0.4) is 0 Å². The molecule has 0 aliphatic carbocycles. The summed E-state index contributed by atoms with van der Waals surface area (Å²) >= 11 is 0. The van der Waals surface area contributed by atoms with Gasteiger partial charge in [0.05, 0.1) is 0 Å². The lowest BCUT2D eigenvalue weighted by Crippen LogP contribution is -2.38. The SMILES string of the molecule is CC(C)C(C)N(C)CC(N)c1ccc(C(C)(C)C)cc1. The Morgan fingerprint density at radius 3 is 1.95 bits per heavy atom. The van der Waals surface area contributed by atoms with Crippen LogP contribution < -0.4 is 5.73 Å². The van der Waals surface area contributed by atoms with E-state index < -0.39 is 0 Å². The summed E-state index contributed by atoms with van der Waals surface area (Å²) in [6.45, 7) is 14.4. The molecule has 2 nitrogen and oxygen atoms in total. The van der Waals surface area contributed by atoms with Gasteiger partial charge in [-0.25, -0.2) is 0 Å². The molecule has 114 valence electrons. The summed E-state index contributed by atoms with van der Waals surface area (Å²) in [5.41, 5.74) is 9.13. The predicted octanol–water partition coefficient (Wildman–Crippen LogP) is 3.96. The molecule has 0 heterocycles. The van der Waals surface area contributed by atoms with Crippen LogP contribution >= 0.6 is 0 Å². The molecular weight excluding hydrogens is 244 g/mol. The van der Waals surface area contributed by atoms with Crippen molar-refractivity contribution in [2.75, 3.05) is 13.6 Å². The minimum absolute atomic E-state index is 0.0789. The van der Waals surface area contributed by atoms with E-state index in [1.165, 1.54) is 11.1 Å². The highest BCUT2D eigenvalue weighted by molar-refractivity contribution is 5.29. The third-order valence-electron chi connectivity index (χ3n) is 4.35. The first-order chi connectivity index (χ1) is 9.12. The molecule has 0 fully saturated rings. The number of nitrogens with two attached hydrogens (primary N) is 1. The first-order valence-electron chi connectivity index (χ1n) is 7.69. The van der Waals surface area contributed by atoms with Crippen LogP contribution in [-0.4, -0.2) is 24.5 Å². The zero-order valence-corrected chi connectivity index (χ0v) is 14.3. The Morgan fingerprint density at radius 1 is 1.05 bits per heavy atom. The minimum Gasteiger partial charge on any atom is -0.323 e. The van der Waals surface area contributed by atoms with Crippen molar-refractivity contribution < 1.29 is 0 Å². The standard InChI is InChI=1S/C18H32N2/c1-13(2)14(3)20(7)12-17(19)15-8-10-16(11-9-15)18(4,5)6/h8-11,13-14,17H,12,19H2,1-7H3. The molecule has 0 saturated carbocycles. The lowest BCUT2D eigenvalue weighted by atomic mass is 9.86. The van der Waals surface area contributed by atoms with Gasteiger partial charge in [-0.15, -0.1) is 0 Å². The fraction of sp³-hybridized carbons (Fsp3) is 0.667. The van der Waals surface area contributed by atoms with E-state index in [-0.39, 0.29) is 11.5 Å². The second kappa shape index (κ2) is 6.73. The van der Waals surface area contributed by atoms with Crippen LogP contribution in [0.1, 0.15) is 58.7 Å². The van der Waals surface area contributed by atoms with Crippen LogP contribution in [-0.2, 0) is 5.41 Å². The summed E-state index contributed by atoms with van der Waals surface area (Å²) in [5, 5.41) is 0. The molecule has 20 heavy (non-hydrogen) atoms. The second-order valence-electron chi connectivity index (χ2n) is 7.40. The quantitative estimate of drug-likeness (QED) is 0.882. The maximum atomic E-state index is 6.35. The number of likely N-dealkylation sites (N-methyl/N-ethyl adjacent to an activating group) is 1. The van der Waals surface area contributed by atoms with Crippen molar-refractivity contribution in [2.24, 2.45) is 11.7 Å². The highest BCUT2D eigenvalue weighted by Crippen LogP contribution is 2.24. The molecule has 0 aromatic heterocycles.